The Morgan fingerprint density at radius 1 is 1.29 bits per heavy atom. The van der Waals surface area contributed by atoms with Crippen molar-refractivity contribution in [3.8, 4) is 0 Å². The first kappa shape index (κ1) is 15.4. The number of amides is 1. The van der Waals surface area contributed by atoms with Gasteiger partial charge in [-0.25, -0.2) is 0 Å². The summed E-state index contributed by atoms with van der Waals surface area (Å²) in [6.07, 6.45) is 5.31. The van der Waals surface area contributed by atoms with E-state index >= 15 is 0 Å². The molecule has 2 aromatic rings. The van der Waals surface area contributed by atoms with E-state index in [1.54, 1.807) is 6.07 Å². The van der Waals surface area contributed by atoms with Crippen molar-refractivity contribution in [2.45, 2.75) is 44.6 Å². The molecule has 7 nitrogen and oxygen atoms in total. The molecule has 0 unspecified atom stereocenters. The summed E-state index contributed by atoms with van der Waals surface area (Å²) in [6, 6.07) is 3.62. The van der Waals surface area contributed by atoms with Crippen LogP contribution in [0.1, 0.15) is 59.6 Å². The summed E-state index contributed by atoms with van der Waals surface area (Å²) >= 11 is 0. The van der Waals surface area contributed by atoms with Gasteiger partial charge in [0.1, 0.15) is 5.76 Å². The summed E-state index contributed by atoms with van der Waals surface area (Å²) in [5.74, 6) is 2.85. The summed E-state index contributed by atoms with van der Waals surface area (Å²) in [5, 5.41) is 6.80. The van der Waals surface area contributed by atoms with Crippen molar-refractivity contribution in [1.29, 1.82) is 0 Å². The van der Waals surface area contributed by atoms with Gasteiger partial charge in [-0.2, -0.15) is 4.98 Å². The molecular formula is C17H22N4O3. The average Bonchev–Trinajstić information content (AvgIpc) is 3.00. The van der Waals surface area contributed by atoms with Gasteiger partial charge >= 0.3 is 0 Å². The molecule has 0 atom stereocenters. The van der Waals surface area contributed by atoms with E-state index in [4.69, 9.17) is 8.94 Å². The molecule has 1 aliphatic heterocycles. The monoisotopic (exact) mass is 330 g/mol. The number of carbonyl (C=O) groups excluding carboxylic acids is 1. The van der Waals surface area contributed by atoms with Crippen LogP contribution >= 0.6 is 0 Å². The Balaban J connectivity index is 1.24. The van der Waals surface area contributed by atoms with E-state index in [1.807, 2.05) is 6.07 Å². The minimum absolute atomic E-state index is 0.204. The quantitative estimate of drug-likeness (QED) is 0.837. The molecule has 4 rings (SSSR count). The summed E-state index contributed by atoms with van der Waals surface area (Å²) in [4.78, 5) is 18.8. The highest BCUT2D eigenvalue weighted by molar-refractivity contribution is 5.91. The van der Waals surface area contributed by atoms with Gasteiger partial charge in [0.25, 0.3) is 5.91 Å². The molecule has 24 heavy (non-hydrogen) atoms. The van der Waals surface area contributed by atoms with E-state index in [0.717, 1.165) is 44.1 Å². The molecule has 0 bridgehead atoms. The van der Waals surface area contributed by atoms with Crippen molar-refractivity contribution in [3.63, 3.8) is 0 Å². The van der Waals surface area contributed by atoms with E-state index < -0.39 is 0 Å². The molecule has 0 spiro atoms. The SMILES string of the molecule is O=C(NCCc1nc(C2CC2)no1)c1ccc(CN2CCCC2)o1. The largest absolute Gasteiger partial charge is 0.455 e. The Hall–Kier alpha value is -2.15. The highest BCUT2D eigenvalue weighted by Gasteiger charge is 2.28. The number of nitrogens with one attached hydrogen (secondary N) is 1. The lowest BCUT2D eigenvalue weighted by atomic mass is 10.3. The van der Waals surface area contributed by atoms with Crippen LogP contribution in [-0.2, 0) is 13.0 Å². The number of aromatic nitrogens is 2. The third-order valence-corrected chi connectivity index (χ3v) is 4.51. The van der Waals surface area contributed by atoms with E-state index in [0.29, 0.717) is 30.5 Å². The van der Waals surface area contributed by atoms with Crippen LogP contribution in [0.15, 0.2) is 21.1 Å². The molecule has 1 N–H and O–H groups in total. The zero-order valence-electron chi connectivity index (χ0n) is 13.7. The number of furan rings is 1. The van der Waals surface area contributed by atoms with Crippen molar-refractivity contribution in [1.82, 2.24) is 20.4 Å². The molecule has 1 aliphatic carbocycles. The van der Waals surface area contributed by atoms with Crippen LogP contribution in [0, 0.1) is 0 Å². The molecule has 1 saturated carbocycles. The summed E-state index contributed by atoms with van der Waals surface area (Å²) in [6.45, 7) is 3.44. The van der Waals surface area contributed by atoms with Crippen LogP contribution in [0.25, 0.3) is 0 Å². The molecule has 0 radical (unpaired) electrons. The second-order valence-electron chi connectivity index (χ2n) is 6.58. The van der Waals surface area contributed by atoms with Crippen LogP contribution < -0.4 is 5.32 Å². The second-order valence-corrected chi connectivity index (χ2v) is 6.58. The molecule has 2 aromatic heterocycles. The first-order chi connectivity index (χ1) is 11.8. The Kier molecular flexibility index (Phi) is 4.34. The van der Waals surface area contributed by atoms with Gasteiger partial charge in [0.2, 0.25) is 5.89 Å². The van der Waals surface area contributed by atoms with Crippen molar-refractivity contribution in [2.24, 2.45) is 0 Å². The number of hydrogen-bond acceptors (Lipinski definition) is 6. The number of likely N-dealkylation sites (tertiary alicyclic amines) is 1. The zero-order chi connectivity index (χ0) is 16.4. The van der Waals surface area contributed by atoms with E-state index in [9.17, 15) is 4.79 Å². The molecular weight excluding hydrogens is 308 g/mol. The minimum atomic E-state index is -0.204. The maximum atomic E-state index is 12.1. The van der Waals surface area contributed by atoms with Gasteiger partial charge in [0.15, 0.2) is 11.6 Å². The van der Waals surface area contributed by atoms with Crippen LogP contribution in [0.3, 0.4) is 0 Å². The number of carbonyl (C=O) groups is 1. The third-order valence-electron chi connectivity index (χ3n) is 4.51. The molecule has 2 fully saturated rings. The Labute approximate surface area is 140 Å². The minimum Gasteiger partial charge on any atom is -0.455 e. The zero-order valence-corrected chi connectivity index (χ0v) is 13.7. The predicted molar refractivity (Wildman–Crippen MR) is 85.5 cm³/mol. The molecule has 0 aromatic carbocycles. The maximum Gasteiger partial charge on any atom is 0.287 e. The van der Waals surface area contributed by atoms with Gasteiger partial charge < -0.3 is 14.3 Å². The summed E-state index contributed by atoms with van der Waals surface area (Å²) in [7, 11) is 0. The van der Waals surface area contributed by atoms with Gasteiger partial charge in [-0.05, 0) is 50.9 Å². The van der Waals surface area contributed by atoms with Crippen molar-refractivity contribution in [2.75, 3.05) is 19.6 Å². The normalized spacial score (nSPS) is 18.2. The molecule has 7 heteroatoms. The van der Waals surface area contributed by atoms with E-state index in [1.165, 1.54) is 12.8 Å². The Bertz CT molecular complexity index is 698. The van der Waals surface area contributed by atoms with Crippen molar-refractivity contribution >= 4 is 5.91 Å². The van der Waals surface area contributed by atoms with Gasteiger partial charge in [0, 0.05) is 18.9 Å². The van der Waals surface area contributed by atoms with E-state index in [-0.39, 0.29) is 5.91 Å². The fourth-order valence-electron chi connectivity index (χ4n) is 2.99. The van der Waals surface area contributed by atoms with Crippen LogP contribution in [-0.4, -0.2) is 40.6 Å². The van der Waals surface area contributed by atoms with E-state index in [2.05, 4.69) is 20.4 Å². The van der Waals surface area contributed by atoms with Crippen LogP contribution in [0.2, 0.25) is 0 Å². The summed E-state index contributed by atoms with van der Waals surface area (Å²) < 4.78 is 10.8. The maximum absolute atomic E-state index is 12.1. The Morgan fingerprint density at radius 2 is 2.12 bits per heavy atom. The highest BCUT2D eigenvalue weighted by Crippen LogP contribution is 2.38. The predicted octanol–water partition coefficient (Wildman–Crippen LogP) is 2.11. The second kappa shape index (κ2) is 6.76. The lowest BCUT2D eigenvalue weighted by Crippen LogP contribution is -2.25. The van der Waals surface area contributed by atoms with Crippen LogP contribution in [0.5, 0.6) is 0 Å². The topological polar surface area (TPSA) is 84.4 Å². The standard InChI is InChI=1S/C17H22N4O3/c22-17(14-6-5-13(23-14)11-21-9-1-2-10-21)18-8-7-15-19-16(20-24-15)12-3-4-12/h5-6,12H,1-4,7-11H2,(H,18,22). The van der Waals surface area contributed by atoms with Gasteiger partial charge in [-0.15, -0.1) is 0 Å². The average molecular weight is 330 g/mol. The molecule has 128 valence electrons. The molecule has 3 heterocycles. The van der Waals surface area contributed by atoms with Crippen molar-refractivity contribution < 1.29 is 13.7 Å². The third kappa shape index (κ3) is 3.67. The number of hydrogen-bond donors (Lipinski definition) is 1. The van der Waals surface area contributed by atoms with Gasteiger partial charge in [0.05, 0.1) is 6.54 Å². The van der Waals surface area contributed by atoms with Crippen molar-refractivity contribution in [3.05, 3.63) is 35.4 Å². The summed E-state index contributed by atoms with van der Waals surface area (Å²) in [5.41, 5.74) is 0. The number of nitrogens with zero attached hydrogens (tertiary/aromatic N) is 3. The first-order valence-electron chi connectivity index (χ1n) is 8.70. The molecule has 1 amide bonds. The molecule has 2 aliphatic rings. The highest BCUT2D eigenvalue weighted by atomic mass is 16.5. The van der Waals surface area contributed by atoms with Crippen LogP contribution in [0.4, 0.5) is 0 Å². The smallest absolute Gasteiger partial charge is 0.287 e. The lowest BCUT2D eigenvalue weighted by molar-refractivity contribution is 0.0922. The van der Waals surface area contributed by atoms with Gasteiger partial charge in [-0.1, -0.05) is 5.16 Å². The van der Waals surface area contributed by atoms with Gasteiger partial charge in [-0.3, -0.25) is 9.69 Å². The molecule has 1 saturated heterocycles. The number of rotatable bonds is 7. The lowest BCUT2D eigenvalue weighted by Gasteiger charge is -2.11. The fraction of sp³-hybridized carbons (Fsp3) is 0.588. The first-order valence-corrected chi connectivity index (χ1v) is 8.70. The fourth-order valence-corrected chi connectivity index (χ4v) is 2.99. The Morgan fingerprint density at radius 3 is 2.92 bits per heavy atom.